The molecule has 4 nitrogen and oxygen atoms in total. The summed E-state index contributed by atoms with van der Waals surface area (Å²) in [5.74, 6) is 0.638. The predicted molar refractivity (Wildman–Crippen MR) is 95.7 cm³/mol. The smallest absolute Gasteiger partial charge is 0.191 e. The average Bonchev–Trinajstić information content (AvgIpc) is 3.07. The van der Waals surface area contributed by atoms with Gasteiger partial charge in [-0.1, -0.05) is 18.6 Å². The van der Waals surface area contributed by atoms with Crippen LogP contribution in [-0.4, -0.2) is 30.7 Å². The molecule has 1 aliphatic rings. The minimum absolute atomic E-state index is 0.103. The number of nitrogens with zero attached hydrogens (tertiary/aromatic N) is 2. The number of guanidine groups is 1. The van der Waals surface area contributed by atoms with Gasteiger partial charge in [0.15, 0.2) is 5.96 Å². The summed E-state index contributed by atoms with van der Waals surface area (Å²) in [6, 6.07) is 11.0. The Morgan fingerprint density at radius 2 is 1.88 bits per heavy atom. The first-order valence-electron chi connectivity index (χ1n) is 8.53. The van der Waals surface area contributed by atoms with Crippen molar-refractivity contribution < 1.29 is 4.39 Å². The third-order valence-corrected chi connectivity index (χ3v) is 4.91. The average molecular weight is 328 g/mol. The van der Waals surface area contributed by atoms with Crippen molar-refractivity contribution in [1.29, 1.82) is 0 Å². The lowest BCUT2D eigenvalue weighted by molar-refractivity contribution is 0.243. The monoisotopic (exact) mass is 328 g/mol. The van der Waals surface area contributed by atoms with Crippen LogP contribution in [0, 0.1) is 5.82 Å². The van der Waals surface area contributed by atoms with Crippen LogP contribution < -0.4 is 10.6 Å². The lowest BCUT2D eigenvalue weighted by atomic mass is 9.64. The molecule has 5 heteroatoms. The van der Waals surface area contributed by atoms with Crippen LogP contribution in [0.15, 0.2) is 53.8 Å². The van der Waals surface area contributed by atoms with Gasteiger partial charge in [0.25, 0.3) is 0 Å². The minimum atomic E-state index is -0.177. The van der Waals surface area contributed by atoms with Crippen LogP contribution in [0.2, 0.25) is 0 Å². The van der Waals surface area contributed by atoms with Crippen molar-refractivity contribution in [2.24, 2.45) is 4.99 Å². The van der Waals surface area contributed by atoms with E-state index in [9.17, 15) is 4.39 Å². The molecule has 1 aromatic carbocycles. The molecule has 2 N–H and O–H groups in total. The van der Waals surface area contributed by atoms with Gasteiger partial charge in [-0.25, -0.2) is 4.39 Å². The number of aliphatic imine (C=N–C) groups is 1. The van der Waals surface area contributed by atoms with Crippen LogP contribution in [0.25, 0.3) is 0 Å². The Labute approximate surface area is 142 Å². The first kappa shape index (κ1) is 16.6. The summed E-state index contributed by atoms with van der Waals surface area (Å²) in [5.41, 5.74) is 1.32. The van der Waals surface area contributed by atoms with Gasteiger partial charge < -0.3 is 15.2 Å². The topological polar surface area (TPSA) is 41.4 Å². The van der Waals surface area contributed by atoms with Gasteiger partial charge in [-0.3, -0.25) is 4.99 Å². The maximum Gasteiger partial charge on any atom is 0.191 e. The Kier molecular flexibility index (Phi) is 5.18. The zero-order valence-electron chi connectivity index (χ0n) is 14.1. The summed E-state index contributed by atoms with van der Waals surface area (Å²) in [6.45, 7) is 2.54. The summed E-state index contributed by atoms with van der Waals surface area (Å²) in [7, 11) is 1.79. The largest absolute Gasteiger partial charge is 0.356 e. The molecular weight excluding hydrogens is 303 g/mol. The Hall–Kier alpha value is -2.30. The van der Waals surface area contributed by atoms with Gasteiger partial charge >= 0.3 is 0 Å². The molecule has 0 spiro atoms. The molecule has 1 fully saturated rings. The van der Waals surface area contributed by atoms with Gasteiger partial charge in [-0.05, 0) is 42.7 Å². The van der Waals surface area contributed by atoms with Gasteiger partial charge in [-0.2, -0.15) is 0 Å². The van der Waals surface area contributed by atoms with Gasteiger partial charge in [0, 0.05) is 44.5 Å². The first-order valence-corrected chi connectivity index (χ1v) is 8.53. The van der Waals surface area contributed by atoms with Crippen molar-refractivity contribution in [3.05, 3.63) is 60.2 Å². The second kappa shape index (κ2) is 7.51. The van der Waals surface area contributed by atoms with Crippen molar-refractivity contribution in [3.8, 4) is 0 Å². The maximum absolute atomic E-state index is 13.2. The SMILES string of the molecule is CN=C(NCCn1cccc1)NCC1(c2ccc(F)cc2)CCC1. The minimum Gasteiger partial charge on any atom is -0.356 e. The Balaban J connectivity index is 1.53. The molecule has 0 saturated heterocycles. The molecule has 2 aromatic rings. The quantitative estimate of drug-likeness (QED) is 0.632. The first-order chi connectivity index (χ1) is 11.7. The molecule has 0 bridgehead atoms. The molecule has 0 amide bonds. The van der Waals surface area contributed by atoms with Crippen LogP contribution >= 0.6 is 0 Å². The van der Waals surface area contributed by atoms with E-state index in [0.717, 1.165) is 38.4 Å². The van der Waals surface area contributed by atoms with Crippen LogP contribution in [0.1, 0.15) is 24.8 Å². The van der Waals surface area contributed by atoms with Crippen molar-refractivity contribution in [3.63, 3.8) is 0 Å². The van der Waals surface area contributed by atoms with E-state index < -0.39 is 0 Å². The highest BCUT2D eigenvalue weighted by Crippen LogP contribution is 2.43. The normalized spacial score (nSPS) is 16.5. The molecule has 0 radical (unpaired) electrons. The number of hydrogen-bond donors (Lipinski definition) is 2. The maximum atomic E-state index is 13.2. The lowest BCUT2D eigenvalue weighted by Gasteiger charge is -2.43. The number of hydrogen-bond acceptors (Lipinski definition) is 1. The third kappa shape index (κ3) is 3.78. The molecule has 1 aromatic heterocycles. The second-order valence-corrected chi connectivity index (χ2v) is 6.41. The third-order valence-electron chi connectivity index (χ3n) is 4.91. The van der Waals surface area contributed by atoms with E-state index in [1.165, 1.54) is 12.0 Å². The number of nitrogens with one attached hydrogen (secondary N) is 2. The molecule has 3 rings (SSSR count). The fourth-order valence-electron chi connectivity index (χ4n) is 3.27. The second-order valence-electron chi connectivity index (χ2n) is 6.41. The van der Waals surface area contributed by atoms with Crippen LogP contribution in [0.4, 0.5) is 4.39 Å². The fourth-order valence-corrected chi connectivity index (χ4v) is 3.27. The fraction of sp³-hybridized carbons (Fsp3) is 0.421. The van der Waals surface area contributed by atoms with Gasteiger partial charge in [0.05, 0.1) is 0 Å². The van der Waals surface area contributed by atoms with Crippen molar-refractivity contribution >= 4 is 5.96 Å². The van der Waals surface area contributed by atoms with Crippen molar-refractivity contribution in [2.45, 2.75) is 31.2 Å². The molecule has 0 aliphatic heterocycles. The van der Waals surface area contributed by atoms with E-state index in [1.54, 1.807) is 19.2 Å². The predicted octanol–water partition coefficient (Wildman–Crippen LogP) is 2.91. The number of halogens is 1. The van der Waals surface area contributed by atoms with Crippen molar-refractivity contribution in [2.75, 3.05) is 20.1 Å². The number of benzene rings is 1. The summed E-state index contributed by atoms with van der Waals surface area (Å²) >= 11 is 0. The lowest BCUT2D eigenvalue weighted by Crippen LogP contribution is -2.49. The molecule has 128 valence electrons. The van der Waals surface area contributed by atoms with E-state index >= 15 is 0 Å². The number of aromatic nitrogens is 1. The Morgan fingerprint density at radius 3 is 2.46 bits per heavy atom. The summed E-state index contributed by atoms with van der Waals surface area (Å²) in [4.78, 5) is 4.30. The summed E-state index contributed by atoms with van der Waals surface area (Å²) in [5, 5.41) is 6.79. The van der Waals surface area contributed by atoms with Crippen LogP contribution in [-0.2, 0) is 12.0 Å². The number of rotatable bonds is 6. The summed E-state index contributed by atoms with van der Waals surface area (Å²) < 4.78 is 15.3. The van der Waals surface area contributed by atoms with Gasteiger partial charge in [0.1, 0.15) is 5.82 Å². The standard InChI is InChI=1S/C19H25FN4/c1-21-18(22-11-14-24-12-2-3-13-24)23-15-19(9-4-10-19)16-5-7-17(20)8-6-16/h2-3,5-8,12-13H,4,9-11,14-15H2,1H3,(H2,21,22,23). The summed E-state index contributed by atoms with van der Waals surface area (Å²) in [6.07, 6.45) is 7.59. The van der Waals surface area contributed by atoms with Crippen molar-refractivity contribution in [1.82, 2.24) is 15.2 Å². The molecule has 1 saturated carbocycles. The van der Waals surface area contributed by atoms with Crippen LogP contribution in [0.5, 0.6) is 0 Å². The van der Waals surface area contributed by atoms with Crippen LogP contribution in [0.3, 0.4) is 0 Å². The molecule has 0 atom stereocenters. The van der Waals surface area contributed by atoms with Gasteiger partial charge in [-0.15, -0.1) is 0 Å². The molecule has 1 heterocycles. The molecule has 0 unspecified atom stereocenters. The zero-order valence-corrected chi connectivity index (χ0v) is 14.1. The van der Waals surface area contributed by atoms with E-state index in [2.05, 4.69) is 32.6 Å². The highest BCUT2D eigenvalue weighted by atomic mass is 19.1. The Morgan fingerprint density at radius 1 is 1.17 bits per heavy atom. The van der Waals surface area contributed by atoms with E-state index in [4.69, 9.17) is 0 Å². The van der Waals surface area contributed by atoms with E-state index in [0.29, 0.717) is 0 Å². The highest BCUT2D eigenvalue weighted by Gasteiger charge is 2.38. The Bertz CT molecular complexity index is 657. The van der Waals surface area contributed by atoms with Gasteiger partial charge in [0.2, 0.25) is 0 Å². The molecule has 24 heavy (non-hydrogen) atoms. The molecular formula is C19H25FN4. The van der Waals surface area contributed by atoms with E-state index in [1.807, 2.05) is 24.3 Å². The highest BCUT2D eigenvalue weighted by molar-refractivity contribution is 5.79. The molecule has 1 aliphatic carbocycles. The van der Waals surface area contributed by atoms with E-state index in [-0.39, 0.29) is 11.2 Å². The zero-order chi connectivity index (χ0) is 16.8.